The molecule has 13 heavy (non-hydrogen) atoms. The molecule has 0 aliphatic heterocycles. The molecule has 0 fully saturated rings. The van der Waals surface area contributed by atoms with Gasteiger partial charge in [-0.15, -0.1) is 0 Å². The lowest BCUT2D eigenvalue weighted by molar-refractivity contribution is -0.196. The van der Waals surface area contributed by atoms with Crippen molar-refractivity contribution in [3.63, 3.8) is 0 Å². The van der Waals surface area contributed by atoms with Crippen molar-refractivity contribution in [2.24, 2.45) is 11.8 Å². The Morgan fingerprint density at radius 3 is 2.23 bits per heavy atom. The summed E-state index contributed by atoms with van der Waals surface area (Å²) in [5.41, 5.74) is 0. The Hall–Kier alpha value is -1.00. The van der Waals surface area contributed by atoms with Gasteiger partial charge in [-0.25, -0.2) is 0 Å². The van der Waals surface area contributed by atoms with Gasteiger partial charge < -0.3 is 5.11 Å². The molecule has 0 amide bonds. The highest BCUT2D eigenvalue weighted by molar-refractivity contribution is 5.71. The Kier molecular flexibility index (Phi) is 2.63. The minimum atomic E-state index is -4.41. The predicted molar refractivity (Wildman–Crippen MR) is 39.0 cm³/mol. The average Bonchev–Trinajstić information content (AvgIpc) is 2.03. The van der Waals surface area contributed by atoms with E-state index in [0.29, 0.717) is 0 Å². The fraction of sp³-hybridized carbons (Fsp3) is 0.625. The topological polar surface area (TPSA) is 37.3 Å². The molecule has 0 bridgehead atoms. The van der Waals surface area contributed by atoms with E-state index in [1.54, 1.807) is 0 Å². The van der Waals surface area contributed by atoms with Gasteiger partial charge in [0.25, 0.3) is 0 Å². The van der Waals surface area contributed by atoms with E-state index in [1.807, 2.05) is 0 Å². The molecule has 0 radical (unpaired) electrons. The van der Waals surface area contributed by atoms with Crippen molar-refractivity contribution in [2.75, 3.05) is 0 Å². The van der Waals surface area contributed by atoms with Gasteiger partial charge in [-0.05, 0) is 12.8 Å². The Labute approximate surface area is 73.1 Å². The summed E-state index contributed by atoms with van der Waals surface area (Å²) in [5, 5.41) is 8.54. The van der Waals surface area contributed by atoms with Crippen LogP contribution < -0.4 is 0 Å². The van der Waals surface area contributed by atoms with Gasteiger partial charge in [-0.3, -0.25) is 4.79 Å². The molecule has 74 valence electrons. The van der Waals surface area contributed by atoms with Crippen LogP contribution in [0.5, 0.6) is 0 Å². The molecule has 0 unspecified atom stereocenters. The third-order valence-electron chi connectivity index (χ3n) is 2.17. The summed E-state index contributed by atoms with van der Waals surface area (Å²) in [6.07, 6.45) is -1.79. The quantitative estimate of drug-likeness (QED) is 0.650. The molecule has 0 aromatic carbocycles. The van der Waals surface area contributed by atoms with Crippen LogP contribution in [0.2, 0.25) is 0 Å². The SMILES string of the molecule is O=C(O)[C@H]1CC=CC[C@H]1C(F)(F)F. The zero-order valence-electron chi connectivity index (χ0n) is 6.71. The zero-order chi connectivity index (χ0) is 10.1. The molecule has 2 nitrogen and oxygen atoms in total. The molecule has 0 saturated carbocycles. The minimum absolute atomic E-state index is 0.0283. The van der Waals surface area contributed by atoms with Gasteiger partial charge in [-0.2, -0.15) is 13.2 Å². The molecule has 0 aromatic rings. The Morgan fingerprint density at radius 2 is 1.85 bits per heavy atom. The van der Waals surface area contributed by atoms with E-state index in [4.69, 9.17) is 5.11 Å². The van der Waals surface area contributed by atoms with Gasteiger partial charge in [0.2, 0.25) is 0 Å². The standard InChI is InChI=1S/C8H9F3O2/c9-8(10,11)6-4-2-1-3-5(6)7(12)13/h1-2,5-6H,3-4H2,(H,12,13)/t5-,6+/m0/s1. The normalized spacial score (nSPS) is 28.8. The van der Waals surface area contributed by atoms with E-state index in [0.717, 1.165) is 0 Å². The summed E-state index contributed by atoms with van der Waals surface area (Å²) in [4.78, 5) is 10.5. The summed E-state index contributed by atoms with van der Waals surface area (Å²) < 4.78 is 36.8. The van der Waals surface area contributed by atoms with Gasteiger partial charge in [0, 0.05) is 0 Å². The summed E-state index contributed by atoms with van der Waals surface area (Å²) in [5.74, 6) is -4.41. The Bertz CT molecular complexity index is 232. The van der Waals surface area contributed by atoms with Crippen LogP contribution >= 0.6 is 0 Å². The summed E-state index contributed by atoms with van der Waals surface area (Å²) in [7, 11) is 0. The minimum Gasteiger partial charge on any atom is -0.481 e. The Balaban J connectivity index is 2.81. The number of rotatable bonds is 1. The maximum absolute atomic E-state index is 12.3. The second-order valence-corrected chi connectivity index (χ2v) is 3.04. The maximum atomic E-state index is 12.3. The second-order valence-electron chi connectivity index (χ2n) is 3.04. The highest BCUT2D eigenvalue weighted by atomic mass is 19.4. The molecule has 1 aliphatic rings. The van der Waals surface area contributed by atoms with E-state index >= 15 is 0 Å². The van der Waals surface area contributed by atoms with Gasteiger partial charge in [0.05, 0.1) is 11.8 Å². The van der Waals surface area contributed by atoms with Crippen LogP contribution in [0.1, 0.15) is 12.8 Å². The number of allylic oxidation sites excluding steroid dienone is 2. The summed E-state index contributed by atoms with van der Waals surface area (Å²) in [6, 6.07) is 0. The fourth-order valence-corrected chi connectivity index (χ4v) is 1.45. The second kappa shape index (κ2) is 3.40. The number of carboxylic acid groups (broad SMARTS) is 1. The van der Waals surface area contributed by atoms with E-state index in [2.05, 4.69) is 0 Å². The lowest BCUT2D eigenvalue weighted by atomic mass is 9.82. The van der Waals surface area contributed by atoms with Crippen molar-refractivity contribution in [3.8, 4) is 0 Å². The van der Waals surface area contributed by atoms with Gasteiger partial charge in [0.1, 0.15) is 0 Å². The van der Waals surface area contributed by atoms with Crippen molar-refractivity contribution < 1.29 is 23.1 Å². The van der Waals surface area contributed by atoms with Crippen molar-refractivity contribution in [2.45, 2.75) is 19.0 Å². The van der Waals surface area contributed by atoms with E-state index in [1.165, 1.54) is 12.2 Å². The van der Waals surface area contributed by atoms with Crippen LogP contribution in [-0.4, -0.2) is 17.3 Å². The highest BCUT2D eigenvalue weighted by Gasteiger charge is 2.47. The smallest absolute Gasteiger partial charge is 0.392 e. The zero-order valence-corrected chi connectivity index (χ0v) is 6.71. The molecule has 0 heterocycles. The molecule has 1 N–H and O–H groups in total. The third kappa shape index (κ3) is 2.23. The molecule has 0 aromatic heterocycles. The molecule has 0 saturated heterocycles. The number of hydrogen-bond donors (Lipinski definition) is 1. The molecule has 2 atom stereocenters. The van der Waals surface area contributed by atoms with E-state index < -0.39 is 24.0 Å². The fourth-order valence-electron chi connectivity index (χ4n) is 1.45. The summed E-state index contributed by atoms with van der Waals surface area (Å²) in [6.45, 7) is 0. The van der Waals surface area contributed by atoms with Crippen LogP contribution in [0.3, 0.4) is 0 Å². The highest BCUT2D eigenvalue weighted by Crippen LogP contribution is 2.38. The average molecular weight is 194 g/mol. The molecule has 0 spiro atoms. The van der Waals surface area contributed by atoms with Crippen molar-refractivity contribution >= 4 is 5.97 Å². The van der Waals surface area contributed by atoms with Crippen molar-refractivity contribution in [1.29, 1.82) is 0 Å². The van der Waals surface area contributed by atoms with Crippen molar-refractivity contribution in [3.05, 3.63) is 12.2 Å². The number of hydrogen-bond acceptors (Lipinski definition) is 1. The van der Waals surface area contributed by atoms with Crippen LogP contribution in [0.15, 0.2) is 12.2 Å². The van der Waals surface area contributed by atoms with Gasteiger partial charge >= 0.3 is 12.1 Å². The maximum Gasteiger partial charge on any atom is 0.392 e. The monoisotopic (exact) mass is 194 g/mol. The number of carboxylic acids is 1. The van der Waals surface area contributed by atoms with E-state index in [9.17, 15) is 18.0 Å². The largest absolute Gasteiger partial charge is 0.481 e. The lowest BCUT2D eigenvalue weighted by Crippen LogP contribution is -2.35. The van der Waals surface area contributed by atoms with E-state index in [-0.39, 0.29) is 12.8 Å². The van der Waals surface area contributed by atoms with Gasteiger partial charge in [-0.1, -0.05) is 12.2 Å². The first-order valence-corrected chi connectivity index (χ1v) is 3.87. The van der Waals surface area contributed by atoms with Crippen molar-refractivity contribution in [1.82, 2.24) is 0 Å². The first kappa shape index (κ1) is 10.1. The lowest BCUT2D eigenvalue weighted by Gasteiger charge is -2.26. The molecule has 1 aliphatic carbocycles. The number of carbonyl (C=O) groups is 1. The van der Waals surface area contributed by atoms with Crippen LogP contribution in [-0.2, 0) is 4.79 Å². The third-order valence-corrected chi connectivity index (χ3v) is 2.17. The molecular weight excluding hydrogens is 185 g/mol. The first-order valence-electron chi connectivity index (χ1n) is 3.87. The molecular formula is C8H9F3O2. The van der Waals surface area contributed by atoms with Crippen LogP contribution in [0.4, 0.5) is 13.2 Å². The Morgan fingerprint density at radius 1 is 1.31 bits per heavy atom. The first-order chi connectivity index (χ1) is 5.93. The van der Waals surface area contributed by atoms with Crippen LogP contribution in [0, 0.1) is 11.8 Å². The number of aliphatic carboxylic acids is 1. The molecule has 5 heteroatoms. The summed E-state index contributed by atoms with van der Waals surface area (Å²) >= 11 is 0. The number of alkyl halides is 3. The molecule has 1 rings (SSSR count). The van der Waals surface area contributed by atoms with Crippen LogP contribution in [0.25, 0.3) is 0 Å². The number of halogens is 3. The predicted octanol–water partition coefficient (Wildman–Crippen LogP) is 2.22. The van der Waals surface area contributed by atoms with Gasteiger partial charge in [0.15, 0.2) is 0 Å².